The second-order valence-corrected chi connectivity index (χ2v) is 11.0. The minimum Gasteiger partial charge on any atom is -0.455 e. The van der Waals surface area contributed by atoms with E-state index in [2.05, 4.69) is 20.9 Å². The largest absolute Gasteiger partial charge is 0.516 e. The van der Waals surface area contributed by atoms with Crippen molar-refractivity contribution in [2.75, 3.05) is 23.7 Å². The van der Waals surface area contributed by atoms with Gasteiger partial charge in [0.25, 0.3) is 5.91 Å². The quantitative estimate of drug-likeness (QED) is 0.285. The molecule has 0 saturated heterocycles. The summed E-state index contributed by atoms with van der Waals surface area (Å²) in [4.78, 5) is 18.5. The van der Waals surface area contributed by atoms with Crippen LogP contribution in [0.3, 0.4) is 0 Å². The maximum absolute atomic E-state index is 13.0. The van der Waals surface area contributed by atoms with E-state index in [9.17, 15) is 26.4 Å². The van der Waals surface area contributed by atoms with E-state index in [-0.39, 0.29) is 29.2 Å². The van der Waals surface area contributed by atoms with Crippen molar-refractivity contribution in [3.05, 3.63) is 64.0 Å². The minimum absolute atomic E-state index is 0.111. The number of primary amides is 1. The Kier molecular flexibility index (Phi) is 7.23. The lowest BCUT2D eigenvalue weighted by atomic mass is 10.1. The lowest BCUT2D eigenvalue weighted by molar-refractivity contribution is -0.0429. The minimum atomic E-state index is -5.64. The number of hydrogen-bond acceptors (Lipinski definition) is 6. The fourth-order valence-corrected chi connectivity index (χ4v) is 5.21. The Labute approximate surface area is 224 Å². The molecule has 2 aromatic carbocycles. The number of sulfonamides is 1. The number of benzene rings is 2. The van der Waals surface area contributed by atoms with Gasteiger partial charge in [-0.1, -0.05) is 25.1 Å². The van der Waals surface area contributed by atoms with Gasteiger partial charge in [0.05, 0.1) is 10.2 Å². The molecule has 0 atom stereocenters. The standard InChI is InChI=1S/C24H23BrF3N5O4S/c1-4-18-30-23(32(2)3)20(22(29)34)33(18)12-13-9-10-17-15(11-13)19(25)21(37-17)14-7-5-6-8-16(14)31-38(35,36)24(26,27)28/h5-11,31H,4,12H2,1-3H3,(H2,29,34). The summed E-state index contributed by atoms with van der Waals surface area (Å²) in [7, 11) is -2.11. The molecular weight excluding hydrogens is 591 g/mol. The third-order valence-electron chi connectivity index (χ3n) is 5.75. The van der Waals surface area contributed by atoms with Gasteiger partial charge >= 0.3 is 15.5 Å². The normalized spacial score (nSPS) is 12.2. The average molecular weight is 614 g/mol. The molecule has 0 fully saturated rings. The number of alkyl halides is 3. The van der Waals surface area contributed by atoms with Gasteiger partial charge in [-0.15, -0.1) is 0 Å². The monoisotopic (exact) mass is 613 g/mol. The van der Waals surface area contributed by atoms with Crippen molar-refractivity contribution in [2.45, 2.75) is 25.4 Å². The molecule has 0 saturated carbocycles. The first-order valence-corrected chi connectivity index (χ1v) is 13.5. The van der Waals surface area contributed by atoms with Crippen LogP contribution in [0.1, 0.15) is 28.8 Å². The van der Waals surface area contributed by atoms with Crippen molar-refractivity contribution in [1.82, 2.24) is 9.55 Å². The van der Waals surface area contributed by atoms with Gasteiger partial charge in [0.2, 0.25) is 0 Å². The van der Waals surface area contributed by atoms with Crippen LogP contribution in [0.15, 0.2) is 51.4 Å². The maximum Gasteiger partial charge on any atom is 0.516 e. The second-order valence-electron chi connectivity index (χ2n) is 8.57. The third kappa shape index (κ3) is 4.97. The third-order valence-corrected chi connectivity index (χ3v) is 7.64. The highest BCUT2D eigenvalue weighted by atomic mass is 79.9. The number of nitrogens with one attached hydrogen (secondary N) is 1. The van der Waals surface area contributed by atoms with Gasteiger partial charge < -0.3 is 19.6 Å². The van der Waals surface area contributed by atoms with Crippen LogP contribution in [0.4, 0.5) is 24.7 Å². The number of anilines is 2. The van der Waals surface area contributed by atoms with E-state index in [1.165, 1.54) is 18.2 Å². The van der Waals surface area contributed by atoms with Crippen LogP contribution in [-0.2, 0) is 23.0 Å². The number of carbonyl (C=O) groups excluding carboxylic acids is 1. The number of fused-ring (bicyclic) bond motifs is 1. The first-order valence-electron chi connectivity index (χ1n) is 11.2. The molecule has 0 aliphatic rings. The smallest absolute Gasteiger partial charge is 0.455 e. The lowest BCUT2D eigenvalue weighted by Gasteiger charge is -2.13. The van der Waals surface area contributed by atoms with E-state index >= 15 is 0 Å². The van der Waals surface area contributed by atoms with Crippen LogP contribution in [0, 0.1) is 0 Å². The molecule has 0 aliphatic carbocycles. The zero-order valence-corrected chi connectivity index (χ0v) is 22.8. The summed E-state index contributed by atoms with van der Waals surface area (Å²) >= 11 is 3.46. The Morgan fingerprint density at radius 3 is 2.50 bits per heavy atom. The van der Waals surface area contributed by atoms with E-state index in [0.29, 0.717) is 33.5 Å². The van der Waals surface area contributed by atoms with Gasteiger partial charge in [-0.25, -0.2) is 4.98 Å². The van der Waals surface area contributed by atoms with E-state index in [1.807, 2.05) is 6.92 Å². The van der Waals surface area contributed by atoms with Crippen molar-refractivity contribution < 1.29 is 30.8 Å². The maximum atomic E-state index is 13.0. The number of rotatable bonds is 8. The molecular formula is C24H23BrF3N5O4S. The topological polar surface area (TPSA) is 123 Å². The second kappa shape index (κ2) is 9.98. The van der Waals surface area contributed by atoms with E-state index in [0.717, 1.165) is 5.56 Å². The fraction of sp³-hybridized carbons (Fsp3) is 0.250. The van der Waals surface area contributed by atoms with Gasteiger partial charge in [-0.3, -0.25) is 9.52 Å². The Balaban J connectivity index is 1.78. The molecule has 2 heterocycles. The molecule has 4 rings (SSSR count). The van der Waals surface area contributed by atoms with E-state index < -0.39 is 21.4 Å². The van der Waals surface area contributed by atoms with Crippen LogP contribution < -0.4 is 15.4 Å². The van der Waals surface area contributed by atoms with E-state index in [1.54, 1.807) is 52.5 Å². The highest BCUT2D eigenvalue weighted by Crippen LogP contribution is 2.42. The zero-order chi connectivity index (χ0) is 28.0. The SMILES string of the molecule is CCc1nc(N(C)C)c(C(N)=O)n1Cc1ccc2oc(-c3ccccc3NS(=O)(=O)C(F)(F)F)c(Br)c2c1. The number of furan rings is 1. The molecule has 0 bridgehead atoms. The lowest BCUT2D eigenvalue weighted by Crippen LogP contribution is -2.30. The van der Waals surface area contributed by atoms with Crippen molar-refractivity contribution in [3.63, 3.8) is 0 Å². The number of para-hydroxylation sites is 1. The van der Waals surface area contributed by atoms with Gasteiger partial charge in [0.15, 0.2) is 17.3 Å². The summed E-state index contributed by atoms with van der Waals surface area (Å²) in [6.45, 7) is 2.18. The van der Waals surface area contributed by atoms with Crippen molar-refractivity contribution >= 4 is 54.3 Å². The Morgan fingerprint density at radius 1 is 1.21 bits per heavy atom. The van der Waals surface area contributed by atoms with Gasteiger partial charge in [-0.05, 0) is 45.8 Å². The molecule has 202 valence electrons. The molecule has 0 spiro atoms. The highest BCUT2D eigenvalue weighted by Gasteiger charge is 2.46. The predicted octanol–water partition coefficient (Wildman–Crippen LogP) is 5.10. The molecule has 2 aromatic heterocycles. The highest BCUT2D eigenvalue weighted by molar-refractivity contribution is 9.10. The number of amides is 1. The number of imidazole rings is 1. The summed E-state index contributed by atoms with van der Waals surface area (Å²) in [6, 6.07) is 10.9. The van der Waals surface area contributed by atoms with Gasteiger partial charge in [0, 0.05) is 38.0 Å². The van der Waals surface area contributed by atoms with Crippen LogP contribution in [0.5, 0.6) is 0 Å². The van der Waals surface area contributed by atoms with Crippen LogP contribution >= 0.6 is 15.9 Å². The van der Waals surface area contributed by atoms with Crippen molar-refractivity contribution in [1.29, 1.82) is 0 Å². The van der Waals surface area contributed by atoms with Gasteiger partial charge in [0.1, 0.15) is 11.4 Å². The van der Waals surface area contributed by atoms with Crippen LogP contribution in [-0.4, -0.2) is 43.5 Å². The summed E-state index contributed by atoms with van der Waals surface area (Å²) in [6.07, 6.45) is 0.556. The predicted molar refractivity (Wildman–Crippen MR) is 141 cm³/mol. The van der Waals surface area contributed by atoms with Crippen molar-refractivity contribution in [3.8, 4) is 11.3 Å². The Bertz CT molecular complexity index is 1640. The number of nitrogens with zero attached hydrogens (tertiary/aromatic N) is 3. The summed E-state index contributed by atoms with van der Waals surface area (Å²) in [5, 5.41) is 0.595. The Morgan fingerprint density at radius 2 is 1.89 bits per heavy atom. The number of hydrogen-bond donors (Lipinski definition) is 2. The number of carbonyl (C=O) groups is 1. The summed E-state index contributed by atoms with van der Waals surface area (Å²) < 4.78 is 72.1. The average Bonchev–Trinajstić information content (AvgIpc) is 3.36. The number of aromatic nitrogens is 2. The zero-order valence-electron chi connectivity index (χ0n) is 20.4. The molecule has 3 N–H and O–H groups in total. The molecule has 4 aromatic rings. The Hall–Kier alpha value is -3.52. The fourth-order valence-electron chi connectivity index (χ4n) is 4.02. The first-order chi connectivity index (χ1) is 17.7. The first kappa shape index (κ1) is 27.5. The number of nitrogens with two attached hydrogens (primary N) is 1. The van der Waals surface area contributed by atoms with E-state index in [4.69, 9.17) is 10.2 Å². The van der Waals surface area contributed by atoms with Gasteiger partial charge in [-0.2, -0.15) is 21.6 Å². The van der Waals surface area contributed by atoms with Crippen LogP contribution in [0.25, 0.3) is 22.3 Å². The number of aryl methyl sites for hydroxylation is 1. The molecule has 38 heavy (non-hydrogen) atoms. The summed E-state index contributed by atoms with van der Waals surface area (Å²) in [5.41, 5.74) is 1.46. The molecule has 0 radical (unpaired) electrons. The molecule has 1 amide bonds. The molecule has 0 unspecified atom stereocenters. The summed E-state index contributed by atoms with van der Waals surface area (Å²) in [5.74, 6) is 0.648. The van der Waals surface area contributed by atoms with Crippen LogP contribution in [0.2, 0.25) is 0 Å². The molecule has 9 nitrogen and oxygen atoms in total. The molecule has 14 heteroatoms. The number of halogens is 4. The molecule has 0 aliphatic heterocycles. The van der Waals surface area contributed by atoms with Crippen molar-refractivity contribution in [2.24, 2.45) is 5.73 Å².